The molecule has 0 radical (unpaired) electrons. The first-order chi connectivity index (χ1) is 7.20. The minimum atomic E-state index is 0.346. The van der Waals surface area contributed by atoms with E-state index in [1.54, 1.807) is 0 Å². The number of hydrogen-bond donors (Lipinski definition) is 2. The van der Waals surface area contributed by atoms with Crippen LogP contribution in [0.2, 0.25) is 0 Å². The second-order valence-corrected chi connectivity index (χ2v) is 3.99. The molecular formula is C10H22O5. The van der Waals surface area contributed by atoms with Crippen LogP contribution in [0.15, 0.2) is 0 Å². The molecule has 0 rings (SSSR count). The van der Waals surface area contributed by atoms with E-state index in [2.05, 4.69) is 9.78 Å². The van der Waals surface area contributed by atoms with E-state index in [0.717, 1.165) is 12.8 Å². The highest BCUT2D eigenvalue weighted by Crippen LogP contribution is 2.06. The minimum absolute atomic E-state index is 0.346. The van der Waals surface area contributed by atoms with Gasteiger partial charge in [-0.05, 0) is 24.7 Å². The van der Waals surface area contributed by atoms with Crippen LogP contribution in [-0.4, -0.2) is 36.9 Å². The Labute approximate surface area is 90.8 Å². The highest BCUT2D eigenvalue weighted by atomic mass is 17.1. The molecule has 0 aliphatic heterocycles. The fraction of sp³-hybridized carbons (Fsp3) is 1.00. The van der Waals surface area contributed by atoms with E-state index in [1.165, 1.54) is 0 Å². The summed E-state index contributed by atoms with van der Waals surface area (Å²) in [7, 11) is 0. The quantitative estimate of drug-likeness (QED) is 0.437. The first-order valence-corrected chi connectivity index (χ1v) is 5.31. The van der Waals surface area contributed by atoms with Crippen LogP contribution in [0.1, 0.15) is 26.7 Å². The lowest BCUT2D eigenvalue weighted by atomic mass is 10.1. The zero-order valence-electron chi connectivity index (χ0n) is 9.52. The molecule has 0 bridgehead atoms. The molecule has 2 N–H and O–H groups in total. The third-order valence-electron chi connectivity index (χ3n) is 2.21. The summed E-state index contributed by atoms with van der Waals surface area (Å²) in [5.41, 5.74) is 0. The third kappa shape index (κ3) is 10.1. The van der Waals surface area contributed by atoms with Crippen molar-refractivity contribution in [3.05, 3.63) is 0 Å². The molecule has 15 heavy (non-hydrogen) atoms. The normalized spacial score (nSPS) is 15.2. The monoisotopic (exact) mass is 222 g/mol. The van der Waals surface area contributed by atoms with Crippen LogP contribution in [0, 0.1) is 11.8 Å². The van der Waals surface area contributed by atoms with Gasteiger partial charge in [-0.2, -0.15) is 0 Å². The molecule has 92 valence electrons. The molecule has 0 aromatic heterocycles. The molecule has 0 saturated carbocycles. The fourth-order valence-corrected chi connectivity index (χ4v) is 1.14. The molecule has 5 heteroatoms. The molecule has 0 spiro atoms. The Morgan fingerprint density at radius 2 is 1.27 bits per heavy atom. The topological polar surface area (TPSA) is 68.2 Å². The molecule has 2 atom stereocenters. The number of hydrogen-bond acceptors (Lipinski definition) is 5. The minimum Gasteiger partial charge on any atom is -0.381 e. The smallest absolute Gasteiger partial charge is 0.0823 e. The summed E-state index contributed by atoms with van der Waals surface area (Å²) in [5.74, 6) is 0.747. The van der Waals surface area contributed by atoms with Gasteiger partial charge in [-0.25, -0.2) is 9.78 Å². The average molecular weight is 222 g/mol. The molecule has 0 fully saturated rings. The summed E-state index contributed by atoms with van der Waals surface area (Å²) >= 11 is 0. The Bertz CT molecular complexity index is 117. The van der Waals surface area contributed by atoms with Gasteiger partial charge in [0, 0.05) is 13.2 Å². The van der Waals surface area contributed by atoms with Gasteiger partial charge in [0.05, 0.1) is 13.2 Å². The Kier molecular flexibility index (Phi) is 10.2. The maximum atomic E-state index is 8.15. The van der Waals surface area contributed by atoms with Gasteiger partial charge in [0.1, 0.15) is 0 Å². The van der Waals surface area contributed by atoms with Crippen LogP contribution in [0.4, 0.5) is 0 Å². The van der Waals surface area contributed by atoms with Gasteiger partial charge in [0.2, 0.25) is 0 Å². The van der Waals surface area contributed by atoms with Gasteiger partial charge < -0.3 is 4.74 Å². The van der Waals surface area contributed by atoms with E-state index >= 15 is 0 Å². The van der Waals surface area contributed by atoms with Crippen molar-refractivity contribution in [2.24, 2.45) is 11.8 Å². The Balaban J connectivity index is 3.27. The maximum absolute atomic E-state index is 8.15. The molecule has 0 aromatic rings. The largest absolute Gasteiger partial charge is 0.381 e. The molecule has 0 aliphatic carbocycles. The van der Waals surface area contributed by atoms with E-state index in [1.807, 2.05) is 13.8 Å². The van der Waals surface area contributed by atoms with Gasteiger partial charge in [0.15, 0.2) is 0 Å². The first kappa shape index (κ1) is 14.8. The lowest BCUT2D eigenvalue weighted by Gasteiger charge is -2.14. The summed E-state index contributed by atoms with van der Waals surface area (Å²) in [6.07, 6.45) is 1.56. The number of ether oxygens (including phenoxy) is 1. The lowest BCUT2D eigenvalue weighted by molar-refractivity contribution is -0.245. The van der Waals surface area contributed by atoms with Crippen molar-refractivity contribution < 1.29 is 25.0 Å². The highest BCUT2D eigenvalue weighted by molar-refractivity contribution is 4.53. The van der Waals surface area contributed by atoms with E-state index in [9.17, 15) is 0 Å². The van der Waals surface area contributed by atoms with Gasteiger partial charge in [-0.1, -0.05) is 13.8 Å². The van der Waals surface area contributed by atoms with E-state index in [0.29, 0.717) is 38.3 Å². The standard InChI is InChI=1S/C10H22O5/c1-9(3-5-14-11)7-13-8-10(2)4-6-15-12/h9-12H,3-8H2,1-2H3. The van der Waals surface area contributed by atoms with Crippen LogP contribution in [0.25, 0.3) is 0 Å². The first-order valence-electron chi connectivity index (χ1n) is 5.31. The van der Waals surface area contributed by atoms with Crippen molar-refractivity contribution in [3.63, 3.8) is 0 Å². The zero-order valence-corrected chi connectivity index (χ0v) is 9.52. The van der Waals surface area contributed by atoms with Crippen LogP contribution in [-0.2, 0) is 14.5 Å². The van der Waals surface area contributed by atoms with Crippen LogP contribution in [0.3, 0.4) is 0 Å². The lowest BCUT2D eigenvalue weighted by Crippen LogP contribution is -2.14. The van der Waals surface area contributed by atoms with Gasteiger partial charge >= 0.3 is 0 Å². The molecular weight excluding hydrogens is 200 g/mol. The van der Waals surface area contributed by atoms with E-state index < -0.39 is 0 Å². The molecule has 0 aromatic carbocycles. The van der Waals surface area contributed by atoms with Crippen LogP contribution < -0.4 is 0 Å². The van der Waals surface area contributed by atoms with Gasteiger partial charge in [-0.15, -0.1) is 0 Å². The summed E-state index contributed by atoms with van der Waals surface area (Å²) < 4.78 is 5.48. The fourth-order valence-electron chi connectivity index (χ4n) is 1.14. The maximum Gasteiger partial charge on any atom is 0.0823 e. The van der Waals surface area contributed by atoms with Crippen LogP contribution in [0.5, 0.6) is 0 Å². The average Bonchev–Trinajstić information content (AvgIpc) is 2.23. The van der Waals surface area contributed by atoms with Gasteiger partial charge in [0.25, 0.3) is 0 Å². The molecule has 2 unspecified atom stereocenters. The molecule has 0 amide bonds. The second-order valence-electron chi connectivity index (χ2n) is 3.99. The third-order valence-corrected chi connectivity index (χ3v) is 2.21. The molecule has 0 aliphatic rings. The second kappa shape index (κ2) is 10.3. The Morgan fingerprint density at radius 3 is 1.60 bits per heavy atom. The SMILES string of the molecule is CC(CCOO)COCC(C)CCOO. The van der Waals surface area contributed by atoms with Crippen molar-refractivity contribution in [2.45, 2.75) is 26.7 Å². The molecule has 0 saturated heterocycles. The summed E-state index contributed by atoms with van der Waals surface area (Å²) in [5, 5.41) is 16.3. The summed E-state index contributed by atoms with van der Waals surface area (Å²) in [6, 6.07) is 0. The summed E-state index contributed by atoms with van der Waals surface area (Å²) in [4.78, 5) is 7.99. The van der Waals surface area contributed by atoms with Crippen molar-refractivity contribution >= 4 is 0 Å². The Morgan fingerprint density at radius 1 is 0.867 bits per heavy atom. The molecule has 5 nitrogen and oxygen atoms in total. The highest BCUT2D eigenvalue weighted by Gasteiger charge is 2.05. The van der Waals surface area contributed by atoms with Crippen molar-refractivity contribution in [3.8, 4) is 0 Å². The van der Waals surface area contributed by atoms with Crippen molar-refractivity contribution in [1.29, 1.82) is 0 Å². The Hall–Kier alpha value is -0.200. The predicted octanol–water partition coefficient (Wildman–Crippen LogP) is 2.03. The summed E-state index contributed by atoms with van der Waals surface area (Å²) in [6.45, 7) is 6.10. The zero-order chi connectivity index (χ0) is 11.5. The van der Waals surface area contributed by atoms with E-state index in [-0.39, 0.29) is 0 Å². The van der Waals surface area contributed by atoms with Crippen molar-refractivity contribution in [1.82, 2.24) is 0 Å². The van der Waals surface area contributed by atoms with E-state index in [4.69, 9.17) is 15.3 Å². The number of rotatable bonds is 10. The van der Waals surface area contributed by atoms with Crippen LogP contribution >= 0.6 is 0 Å². The van der Waals surface area contributed by atoms with Gasteiger partial charge in [-0.3, -0.25) is 10.5 Å². The van der Waals surface area contributed by atoms with Crippen molar-refractivity contribution in [2.75, 3.05) is 26.4 Å². The molecule has 0 heterocycles. The predicted molar refractivity (Wildman–Crippen MR) is 55.5 cm³/mol.